The van der Waals surface area contributed by atoms with E-state index >= 15 is 0 Å². The Labute approximate surface area is 144 Å². The van der Waals surface area contributed by atoms with Crippen LogP contribution in [0, 0.1) is 0 Å². The van der Waals surface area contributed by atoms with Gasteiger partial charge in [-0.3, -0.25) is 9.78 Å². The monoisotopic (exact) mass is 339 g/mol. The van der Waals surface area contributed by atoms with Gasteiger partial charge < -0.3 is 9.15 Å². The summed E-state index contributed by atoms with van der Waals surface area (Å²) >= 11 is 6.03. The lowest BCUT2D eigenvalue weighted by molar-refractivity contribution is 0.104. The molecule has 0 N–H and O–H groups in total. The zero-order valence-electron chi connectivity index (χ0n) is 12.7. The number of carbonyl (C=O) groups is 1. The lowest BCUT2D eigenvalue weighted by atomic mass is 10.2. The number of ether oxygens (including phenoxy) is 1. The quantitative estimate of drug-likeness (QED) is 0.478. The zero-order chi connectivity index (χ0) is 16.8. The molecule has 120 valence electrons. The molecule has 0 bridgehead atoms. The Kier molecular flexibility index (Phi) is 5.08. The summed E-state index contributed by atoms with van der Waals surface area (Å²) < 4.78 is 11.2. The third kappa shape index (κ3) is 4.12. The van der Waals surface area contributed by atoms with Crippen LogP contribution < -0.4 is 4.74 Å². The maximum Gasteiger partial charge on any atom is 0.187 e. The Hall–Kier alpha value is -2.85. The van der Waals surface area contributed by atoms with E-state index in [2.05, 4.69) is 4.98 Å². The Morgan fingerprint density at radius 3 is 2.83 bits per heavy atom. The van der Waals surface area contributed by atoms with Gasteiger partial charge in [0.1, 0.15) is 23.9 Å². The maximum absolute atomic E-state index is 12.0. The maximum atomic E-state index is 12.0. The normalized spacial score (nSPS) is 10.9. The summed E-state index contributed by atoms with van der Waals surface area (Å²) in [5.41, 5.74) is 0.530. The summed E-state index contributed by atoms with van der Waals surface area (Å²) in [5.74, 6) is 1.68. The summed E-state index contributed by atoms with van der Waals surface area (Å²) in [6, 6.07) is 14.2. The molecule has 0 saturated heterocycles. The van der Waals surface area contributed by atoms with Crippen LogP contribution in [0.3, 0.4) is 0 Å². The highest BCUT2D eigenvalue weighted by Crippen LogP contribution is 2.24. The highest BCUT2D eigenvalue weighted by atomic mass is 35.5. The smallest absolute Gasteiger partial charge is 0.187 e. The van der Waals surface area contributed by atoms with Crippen LogP contribution in [-0.2, 0) is 6.61 Å². The van der Waals surface area contributed by atoms with Gasteiger partial charge >= 0.3 is 0 Å². The van der Waals surface area contributed by atoms with Crippen molar-refractivity contribution < 1.29 is 13.9 Å². The van der Waals surface area contributed by atoms with Crippen LogP contribution in [0.25, 0.3) is 6.08 Å². The number of pyridine rings is 1. The number of benzene rings is 1. The lowest BCUT2D eigenvalue weighted by Gasteiger charge is -2.05. The number of para-hydroxylation sites is 1. The summed E-state index contributed by atoms with van der Waals surface area (Å²) in [6.45, 7) is 0.258. The number of aromatic nitrogens is 1. The van der Waals surface area contributed by atoms with Gasteiger partial charge in [0.05, 0.1) is 5.02 Å². The molecule has 3 rings (SSSR count). The molecule has 0 unspecified atom stereocenters. The van der Waals surface area contributed by atoms with E-state index in [0.717, 1.165) is 0 Å². The number of furan rings is 1. The van der Waals surface area contributed by atoms with Crippen LogP contribution >= 0.6 is 11.6 Å². The van der Waals surface area contributed by atoms with E-state index in [1.54, 1.807) is 48.7 Å². The predicted octanol–water partition coefficient (Wildman–Crippen LogP) is 4.80. The molecule has 4 nitrogen and oxygen atoms in total. The molecule has 0 saturated carbocycles. The fourth-order valence-corrected chi connectivity index (χ4v) is 2.23. The van der Waals surface area contributed by atoms with Crippen molar-refractivity contribution in [2.75, 3.05) is 0 Å². The fraction of sp³-hybridized carbons (Fsp3) is 0.0526. The largest absolute Gasteiger partial charge is 0.484 e. The van der Waals surface area contributed by atoms with E-state index in [1.165, 1.54) is 12.3 Å². The van der Waals surface area contributed by atoms with E-state index in [0.29, 0.717) is 27.9 Å². The third-order valence-corrected chi connectivity index (χ3v) is 3.55. The molecule has 0 fully saturated rings. The number of hydrogen-bond donors (Lipinski definition) is 0. The van der Waals surface area contributed by atoms with E-state index in [9.17, 15) is 4.79 Å². The van der Waals surface area contributed by atoms with Crippen molar-refractivity contribution in [3.05, 3.63) is 89.1 Å². The third-order valence-electron chi connectivity index (χ3n) is 3.23. The minimum Gasteiger partial charge on any atom is -0.484 e. The molecule has 0 aliphatic heterocycles. The molecule has 2 heterocycles. The minimum absolute atomic E-state index is 0.131. The van der Waals surface area contributed by atoms with Crippen LogP contribution in [0.5, 0.6) is 5.75 Å². The van der Waals surface area contributed by atoms with Crippen molar-refractivity contribution in [2.24, 2.45) is 0 Å². The van der Waals surface area contributed by atoms with Crippen molar-refractivity contribution in [3.63, 3.8) is 0 Å². The number of carbonyl (C=O) groups excluding carboxylic acids is 1. The van der Waals surface area contributed by atoms with E-state index in [-0.39, 0.29) is 12.4 Å². The first kappa shape index (κ1) is 16.0. The van der Waals surface area contributed by atoms with Crippen molar-refractivity contribution >= 4 is 23.5 Å². The van der Waals surface area contributed by atoms with Crippen molar-refractivity contribution in [2.45, 2.75) is 6.61 Å². The predicted molar refractivity (Wildman–Crippen MR) is 92.1 cm³/mol. The van der Waals surface area contributed by atoms with Gasteiger partial charge in [0.25, 0.3) is 0 Å². The summed E-state index contributed by atoms with van der Waals surface area (Å²) in [4.78, 5) is 15.9. The zero-order valence-corrected chi connectivity index (χ0v) is 13.4. The molecule has 0 aliphatic rings. The Balaban J connectivity index is 1.60. The Morgan fingerprint density at radius 1 is 1.17 bits per heavy atom. The molecule has 0 atom stereocenters. The highest BCUT2D eigenvalue weighted by molar-refractivity contribution is 6.32. The minimum atomic E-state index is -0.131. The molecule has 0 amide bonds. The van der Waals surface area contributed by atoms with Gasteiger partial charge in [-0.15, -0.1) is 0 Å². The van der Waals surface area contributed by atoms with E-state index in [1.807, 2.05) is 12.1 Å². The topological polar surface area (TPSA) is 52.3 Å². The Bertz CT molecular complexity index is 856. The van der Waals surface area contributed by atoms with E-state index in [4.69, 9.17) is 20.8 Å². The van der Waals surface area contributed by atoms with Crippen molar-refractivity contribution in [1.82, 2.24) is 4.98 Å². The van der Waals surface area contributed by atoms with Crippen LogP contribution in [0.4, 0.5) is 0 Å². The van der Waals surface area contributed by atoms with Gasteiger partial charge in [0.15, 0.2) is 5.78 Å². The molecular formula is C19H14ClNO3. The lowest BCUT2D eigenvalue weighted by Crippen LogP contribution is -1.94. The average molecular weight is 340 g/mol. The van der Waals surface area contributed by atoms with Gasteiger partial charge in [-0.25, -0.2) is 0 Å². The number of nitrogens with zero attached hydrogens (tertiary/aromatic N) is 1. The molecule has 0 spiro atoms. The number of ketones is 1. The molecule has 0 aliphatic carbocycles. The second-order valence-electron chi connectivity index (χ2n) is 4.96. The summed E-state index contributed by atoms with van der Waals surface area (Å²) in [5, 5.41) is 0.547. The molecule has 5 heteroatoms. The van der Waals surface area contributed by atoms with Crippen LogP contribution in [0.1, 0.15) is 21.9 Å². The fourth-order valence-electron chi connectivity index (χ4n) is 2.03. The summed E-state index contributed by atoms with van der Waals surface area (Å²) in [7, 11) is 0. The van der Waals surface area contributed by atoms with Crippen LogP contribution in [-0.4, -0.2) is 10.8 Å². The van der Waals surface area contributed by atoms with Crippen LogP contribution in [0.15, 0.2) is 71.4 Å². The highest BCUT2D eigenvalue weighted by Gasteiger charge is 2.05. The molecule has 3 aromatic rings. The van der Waals surface area contributed by atoms with Crippen LogP contribution in [0.2, 0.25) is 5.02 Å². The SMILES string of the molecule is O=C(/C=C/c1ccc(COc2ccccc2Cl)o1)c1cccnc1. The van der Waals surface area contributed by atoms with Gasteiger partial charge in [0, 0.05) is 18.0 Å². The van der Waals surface area contributed by atoms with Crippen molar-refractivity contribution in [3.8, 4) is 5.75 Å². The first-order valence-corrected chi connectivity index (χ1v) is 7.68. The van der Waals surface area contributed by atoms with Gasteiger partial charge in [-0.1, -0.05) is 23.7 Å². The van der Waals surface area contributed by atoms with Gasteiger partial charge in [-0.05, 0) is 48.6 Å². The van der Waals surface area contributed by atoms with E-state index < -0.39 is 0 Å². The van der Waals surface area contributed by atoms with Gasteiger partial charge in [-0.2, -0.15) is 0 Å². The molecule has 0 radical (unpaired) electrons. The first-order valence-electron chi connectivity index (χ1n) is 7.31. The first-order chi connectivity index (χ1) is 11.7. The van der Waals surface area contributed by atoms with Crippen molar-refractivity contribution in [1.29, 1.82) is 0 Å². The number of allylic oxidation sites excluding steroid dienone is 1. The second kappa shape index (κ2) is 7.62. The second-order valence-corrected chi connectivity index (χ2v) is 5.37. The summed E-state index contributed by atoms with van der Waals surface area (Å²) in [6.07, 6.45) is 6.22. The number of rotatable bonds is 6. The molecule has 1 aromatic carbocycles. The standard InChI is InChI=1S/C19H14ClNO3/c20-17-5-1-2-6-19(17)23-13-16-8-7-15(24-16)9-10-18(22)14-4-3-11-21-12-14/h1-12H,13H2/b10-9+. The molecular weight excluding hydrogens is 326 g/mol. The number of halogens is 1. The number of hydrogen-bond acceptors (Lipinski definition) is 4. The average Bonchev–Trinajstić information content (AvgIpc) is 3.08. The Morgan fingerprint density at radius 2 is 2.04 bits per heavy atom. The molecule has 24 heavy (non-hydrogen) atoms. The molecule has 2 aromatic heterocycles. The van der Waals surface area contributed by atoms with Gasteiger partial charge in [0.2, 0.25) is 0 Å².